The van der Waals surface area contributed by atoms with E-state index in [0.29, 0.717) is 12.0 Å². The number of nitriles is 1. The Morgan fingerprint density at radius 3 is 2.91 bits per heavy atom. The predicted octanol–water partition coefficient (Wildman–Crippen LogP) is 3.37. The number of fused-ring (bicyclic) bond motifs is 1. The molecule has 1 aromatic heterocycles. The maximum absolute atomic E-state index is 14.5. The molecule has 0 unspecified atom stereocenters. The van der Waals surface area contributed by atoms with Crippen molar-refractivity contribution in [2.75, 3.05) is 0 Å². The zero-order valence-electron chi connectivity index (χ0n) is 12.4. The summed E-state index contributed by atoms with van der Waals surface area (Å²) in [6.07, 6.45) is 1.54. The van der Waals surface area contributed by atoms with Crippen LogP contribution in [0.5, 0.6) is 5.88 Å². The van der Waals surface area contributed by atoms with Gasteiger partial charge in [-0.05, 0) is 18.6 Å². The number of aromatic nitrogens is 2. The minimum absolute atomic E-state index is 0.0844. The maximum atomic E-state index is 14.5. The number of rotatable bonds is 3. The Hall–Kier alpha value is -2.52. The Morgan fingerprint density at radius 2 is 2.26 bits per heavy atom. The van der Waals surface area contributed by atoms with Crippen LogP contribution in [0.15, 0.2) is 29.7 Å². The van der Waals surface area contributed by atoms with Crippen LogP contribution >= 0.6 is 11.6 Å². The highest BCUT2D eigenvalue weighted by Gasteiger charge is 2.37. The number of benzene rings is 1. The van der Waals surface area contributed by atoms with Crippen LogP contribution in [0.1, 0.15) is 36.1 Å². The van der Waals surface area contributed by atoms with Crippen molar-refractivity contribution in [1.29, 1.82) is 5.26 Å². The number of hydrogen-bond acceptors (Lipinski definition) is 4. The normalized spacial score (nSPS) is 16.7. The van der Waals surface area contributed by atoms with Crippen LogP contribution < -0.4 is 10.5 Å². The van der Waals surface area contributed by atoms with Gasteiger partial charge >= 0.3 is 0 Å². The molecule has 2 heterocycles. The SMILES string of the molecule is CCCc1[nH]nc2c1[C@H](c1c(F)cccc1Cl)C(C#N)=C(N)O2. The highest BCUT2D eigenvalue weighted by atomic mass is 35.5. The van der Waals surface area contributed by atoms with E-state index in [4.69, 9.17) is 22.1 Å². The van der Waals surface area contributed by atoms with Crippen LogP contribution in [0.3, 0.4) is 0 Å². The minimum atomic E-state index is -0.738. The van der Waals surface area contributed by atoms with Gasteiger partial charge in [0.2, 0.25) is 11.8 Å². The fourth-order valence-electron chi connectivity index (χ4n) is 2.82. The van der Waals surface area contributed by atoms with E-state index in [9.17, 15) is 9.65 Å². The Morgan fingerprint density at radius 1 is 1.48 bits per heavy atom. The summed E-state index contributed by atoms with van der Waals surface area (Å²) in [6.45, 7) is 2.01. The van der Waals surface area contributed by atoms with E-state index in [1.807, 2.05) is 13.0 Å². The van der Waals surface area contributed by atoms with E-state index in [1.165, 1.54) is 12.1 Å². The van der Waals surface area contributed by atoms with E-state index in [-0.39, 0.29) is 27.9 Å². The number of nitrogens with zero attached hydrogens (tertiary/aromatic N) is 2. The molecule has 3 N–H and O–H groups in total. The van der Waals surface area contributed by atoms with Crippen molar-refractivity contribution in [2.24, 2.45) is 5.73 Å². The van der Waals surface area contributed by atoms with Gasteiger partial charge in [-0.3, -0.25) is 5.10 Å². The van der Waals surface area contributed by atoms with Gasteiger partial charge in [-0.25, -0.2) is 4.39 Å². The third-order valence-electron chi connectivity index (χ3n) is 3.81. The van der Waals surface area contributed by atoms with Crippen molar-refractivity contribution >= 4 is 11.6 Å². The summed E-state index contributed by atoms with van der Waals surface area (Å²) in [7, 11) is 0. The summed E-state index contributed by atoms with van der Waals surface area (Å²) in [6, 6.07) is 6.43. The predicted molar refractivity (Wildman–Crippen MR) is 83.3 cm³/mol. The summed E-state index contributed by atoms with van der Waals surface area (Å²) in [4.78, 5) is 0. The van der Waals surface area contributed by atoms with Crippen LogP contribution in [0.4, 0.5) is 4.39 Å². The van der Waals surface area contributed by atoms with E-state index >= 15 is 0 Å². The van der Waals surface area contributed by atoms with Gasteiger partial charge in [-0.15, -0.1) is 5.10 Å². The summed E-state index contributed by atoms with van der Waals surface area (Å²) < 4.78 is 19.9. The Balaban J connectivity index is 2.29. The highest BCUT2D eigenvalue weighted by Crippen LogP contribution is 2.45. The molecule has 0 saturated carbocycles. The zero-order chi connectivity index (χ0) is 16.6. The molecule has 0 radical (unpaired) electrons. The largest absolute Gasteiger partial charge is 0.420 e. The molecule has 5 nitrogen and oxygen atoms in total. The van der Waals surface area contributed by atoms with Crippen molar-refractivity contribution < 1.29 is 9.13 Å². The van der Waals surface area contributed by atoms with Gasteiger partial charge in [0, 0.05) is 16.3 Å². The van der Waals surface area contributed by atoms with Crippen molar-refractivity contribution in [2.45, 2.75) is 25.7 Å². The number of aromatic amines is 1. The molecule has 23 heavy (non-hydrogen) atoms. The second kappa shape index (κ2) is 5.94. The van der Waals surface area contributed by atoms with Crippen LogP contribution in [-0.4, -0.2) is 10.2 Å². The van der Waals surface area contributed by atoms with E-state index in [2.05, 4.69) is 10.2 Å². The van der Waals surface area contributed by atoms with Crippen LogP contribution in [-0.2, 0) is 6.42 Å². The summed E-state index contributed by atoms with van der Waals surface area (Å²) in [5, 5.41) is 16.7. The molecule has 7 heteroatoms. The third-order valence-corrected chi connectivity index (χ3v) is 4.14. The highest BCUT2D eigenvalue weighted by molar-refractivity contribution is 6.31. The number of nitrogens with one attached hydrogen (secondary N) is 1. The van der Waals surface area contributed by atoms with Crippen LogP contribution in [0.2, 0.25) is 5.02 Å². The number of nitrogens with two attached hydrogens (primary N) is 1. The summed E-state index contributed by atoms with van der Waals surface area (Å²) in [5.74, 6) is -1.06. The van der Waals surface area contributed by atoms with Crippen LogP contribution in [0.25, 0.3) is 0 Å². The number of H-pyrrole nitrogens is 1. The lowest BCUT2D eigenvalue weighted by molar-refractivity contribution is 0.377. The van der Waals surface area contributed by atoms with Crippen molar-refractivity contribution in [1.82, 2.24) is 10.2 Å². The lowest BCUT2D eigenvalue weighted by atomic mass is 9.83. The number of aryl methyl sites for hydroxylation is 1. The molecule has 1 aliphatic heterocycles. The fraction of sp³-hybridized carbons (Fsp3) is 0.250. The van der Waals surface area contributed by atoms with Crippen LogP contribution in [0, 0.1) is 17.1 Å². The van der Waals surface area contributed by atoms with Crippen molar-refractivity contribution in [3.05, 3.63) is 57.3 Å². The summed E-state index contributed by atoms with van der Waals surface area (Å²) in [5.41, 5.74) is 7.56. The first-order valence-electron chi connectivity index (χ1n) is 7.17. The number of ether oxygens (including phenoxy) is 1. The Bertz CT molecular complexity index is 817. The molecule has 0 fully saturated rings. The van der Waals surface area contributed by atoms with Gasteiger partial charge in [0.15, 0.2) is 0 Å². The van der Waals surface area contributed by atoms with Crippen molar-refractivity contribution in [3.8, 4) is 11.9 Å². The molecule has 1 atom stereocenters. The summed E-state index contributed by atoms with van der Waals surface area (Å²) >= 11 is 6.21. The lowest BCUT2D eigenvalue weighted by Gasteiger charge is -2.25. The number of hydrogen-bond donors (Lipinski definition) is 2. The average molecular weight is 333 g/mol. The fourth-order valence-corrected chi connectivity index (χ4v) is 3.10. The monoisotopic (exact) mass is 332 g/mol. The quantitative estimate of drug-likeness (QED) is 0.902. The van der Waals surface area contributed by atoms with Gasteiger partial charge in [-0.2, -0.15) is 5.26 Å². The molecular formula is C16H14ClFN4O. The van der Waals surface area contributed by atoms with Gasteiger partial charge in [0.25, 0.3) is 0 Å². The molecule has 3 rings (SSSR count). The topological polar surface area (TPSA) is 87.7 Å². The molecule has 0 bridgehead atoms. The molecule has 1 aliphatic rings. The number of allylic oxidation sites excluding steroid dienone is 1. The molecule has 0 saturated heterocycles. The molecule has 118 valence electrons. The smallest absolute Gasteiger partial charge is 0.244 e. The van der Waals surface area contributed by atoms with E-state index < -0.39 is 11.7 Å². The lowest BCUT2D eigenvalue weighted by Crippen LogP contribution is -2.22. The molecule has 0 aliphatic carbocycles. The zero-order valence-corrected chi connectivity index (χ0v) is 13.1. The molecule has 0 spiro atoms. The molecule has 0 amide bonds. The van der Waals surface area contributed by atoms with E-state index in [0.717, 1.165) is 12.1 Å². The van der Waals surface area contributed by atoms with E-state index in [1.54, 1.807) is 6.07 Å². The average Bonchev–Trinajstić information content (AvgIpc) is 2.90. The van der Waals surface area contributed by atoms with Gasteiger partial charge in [-0.1, -0.05) is 31.0 Å². The molecular weight excluding hydrogens is 319 g/mol. The van der Waals surface area contributed by atoms with Gasteiger partial charge in [0.1, 0.15) is 17.5 Å². The molecule has 1 aromatic carbocycles. The first-order chi connectivity index (χ1) is 11.1. The van der Waals surface area contributed by atoms with Gasteiger partial charge < -0.3 is 10.5 Å². The van der Waals surface area contributed by atoms with Gasteiger partial charge in [0.05, 0.1) is 11.5 Å². The minimum Gasteiger partial charge on any atom is -0.420 e. The Labute approximate surface area is 137 Å². The first-order valence-corrected chi connectivity index (χ1v) is 7.54. The van der Waals surface area contributed by atoms with Crippen molar-refractivity contribution in [3.63, 3.8) is 0 Å². The second-order valence-electron chi connectivity index (χ2n) is 5.23. The first kappa shape index (κ1) is 15.4. The Kier molecular flexibility index (Phi) is 3.97. The molecule has 2 aromatic rings. The standard InChI is InChI=1S/C16H14ClFN4O/c1-2-4-11-14-12(13-9(17)5-3-6-10(13)18)8(7-19)15(20)23-16(14)22-21-11/h3,5-6,12H,2,4,20H2,1H3,(H,21,22)/t12-/m0/s1. The third kappa shape index (κ3) is 2.43. The number of halogens is 2. The maximum Gasteiger partial charge on any atom is 0.244 e. The second-order valence-corrected chi connectivity index (χ2v) is 5.64.